The number of aliphatic imine (C=N–C) groups is 1. The molecule has 0 fully saturated rings. The van der Waals surface area contributed by atoms with Crippen LogP contribution >= 0.6 is 35.7 Å². The Morgan fingerprint density at radius 3 is 2.78 bits per heavy atom. The molecule has 0 unspecified atom stereocenters. The van der Waals surface area contributed by atoms with E-state index in [4.69, 9.17) is 0 Å². The largest absolute Gasteiger partial charge is 0.357 e. The Labute approximate surface area is 179 Å². The number of fused-ring (bicyclic) bond motifs is 1. The van der Waals surface area contributed by atoms with Crippen molar-refractivity contribution in [3.8, 4) is 0 Å². The minimum Gasteiger partial charge on any atom is -0.357 e. The molecule has 0 spiro atoms. The van der Waals surface area contributed by atoms with Crippen LogP contribution in [-0.4, -0.2) is 39.4 Å². The van der Waals surface area contributed by atoms with E-state index in [2.05, 4.69) is 25.8 Å². The third-order valence-electron chi connectivity index (χ3n) is 3.60. The highest BCUT2D eigenvalue weighted by molar-refractivity contribution is 14.0. The average Bonchev–Trinajstić information content (AvgIpc) is 3.07. The molecule has 6 nitrogen and oxygen atoms in total. The van der Waals surface area contributed by atoms with Crippen LogP contribution in [0.15, 0.2) is 58.5 Å². The lowest BCUT2D eigenvalue weighted by molar-refractivity contribution is 0.602. The van der Waals surface area contributed by atoms with Crippen molar-refractivity contribution in [1.82, 2.24) is 25.2 Å². The zero-order valence-corrected chi connectivity index (χ0v) is 18.1. The normalized spacial score (nSPS) is 11.3. The Hall–Kier alpha value is -1.88. The number of halogens is 2. The second-order valence-corrected chi connectivity index (χ2v) is 6.58. The Balaban J connectivity index is 0.00000261. The first-order chi connectivity index (χ1) is 12.8. The van der Waals surface area contributed by atoms with Crippen LogP contribution < -0.4 is 10.6 Å². The fraction of sp³-hybridized carbons (Fsp3) is 0.278. The van der Waals surface area contributed by atoms with E-state index >= 15 is 0 Å². The van der Waals surface area contributed by atoms with Gasteiger partial charge in [0.15, 0.2) is 17.4 Å². The lowest BCUT2D eigenvalue weighted by Crippen LogP contribution is -2.38. The number of benzene rings is 1. The van der Waals surface area contributed by atoms with Crippen LogP contribution in [0.25, 0.3) is 5.65 Å². The monoisotopic (exact) mass is 500 g/mol. The van der Waals surface area contributed by atoms with Gasteiger partial charge >= 0.3 is 0 Å². The molecule has 9 heteroatoms. The summed E-state index contributed by atoms with van der Waals surface area (Å²) in [5.74, 6) is 2.03. The first kappa shape index (κ1) is 21.4. The first-order valence-electron chi connectivity index (χ1n) is 8.46. The average molecular weight is 500 g/mol. The number of hydrogen-bond acceptors (Lipinski definition) is 4. The lowest BCUT2D eigenvalue weighted by Gasteiger charge is -2.11. The molecule has 144 valence electrons. The summed E-state index contributed by atoms with van der Waals surface area (Å²) in [5, 5.41) is 14.8. The molecule has 2 N–H and O–H groups in total. The SMILES string of the molecule is CCNC(=NCc1nnc2ccccn12)NCCSc1ccccc1F.I. The predicted octanol–water partition coefficient (Wildman–Crippen LogP) is 3.33. The summed E-state index contributed by atoms with van der Waals surface area (Å²) in [6.07, 6.45) is 1.92. The number of hydrogen-bond donors (Lipinski definition) is 2. The standard InChI is InChI=1S/C18H21FN6S.HI/c1-2-20-18(21-10-12-26-15-8-4-3-7-14(15)19)22-13-17-24-23-16-9-5-6-11-25(16)17;/h3-9,11H,2,10,12-13H2,1H3,(H2,20,21,22);1H. The number of thioether (sulfide) groups is 1. The summed E-state index contributed by atoms with van der Waals surface area (Å²) in [4.78, 5) is 5.21. The van der Waals surface area contributed by atoms with Crippen LogP contribution in [-0.2, 0) is 6.54 Å². The molecule has 0 aliphatic carbocycles. The molecular weight excluding hydrogens is 478 g/mol. The van der Waals surface area contributed by atoms with Crippen molar-refractivity contribution >= 4 is 47.3 Å². The molecule has 0 atom stereocenters. The van der Waals surface area contributed by atoms with Gasteiger partial charge in [0.25, 0.3) is 0 Å². The van der Waals surface area contributed by atoms with Gasteiger partial charge in [0.2, 0.25) is 0 Å². The van der Waals surface area contributed by atoms with Gasteiger partial charge in [-0.15, -0.1) is 45.9 Å². The van der Waals surface area contributed by atoms with E-state index in [9.17, 15) is 4.39 Å². The molecule has 0 saturated carbocycles. The van der Waals surface area contributed by atoms with Crippen LogP contribution in [0.5, 0.6) is 0 Å². The van der Waals surface area contributed by atoms with Crippen molar-refractivity contribution < 1.29 is 4.39 Å². The van der Waals surface area contributed by atoms with Gasteiger partial charge in [-0.3, -0.25) is 4.40 Å². The van der Waals surface area contributed by atoms with Crippen molar-refractivity contribution in [3.63, 3.8) is 0 Å². The summed E-state index contributed by atoms with van der Waals surface area (Å²) in [5.41, 5.74) is 0.803. The molecule has 0 aliphatic heterocycles. The third kappa shape index (κ3) is 6.06. The lowest BCUT2D eigenvalue weighted by atomic mass is 10.3. The van der Waals surface area contributed by atoms with E-state index in [1.54, 1.807) is 12.1 Å². The molecule has 1 aromatic carbocycles. The number of nitrogens with zero attached hydrogens (tertiary/aromatic N) is 4. The van der Waals surface area contributed by atoms with Gasteiger partial charge in [-0.2, -0.15) is 0 Å². The Morgan fingerprint density at radius 1 is 1.15 bits per heavy atom. The number of aromatic nitrogens is 3. The maximum atomic E-state index is 13.6. The smallest absolute Gasteiger partial charge is 0.191 e. The van der Waals surface area contributed by atoms with Crippen LogP contribution in [0.2, 0.25) is 0 Å². The van der Waals surface area contributed by atoms with Gasteiger partial charge in [-0.25, -0.2) is 9.38 Å². The maximum absolute atomic E-state index is 13.6. The van der Waals surface area contributed by atoms with Crippen molar-refractivity contribution in [2.75, 3.05) is 18.8 Å². The molecule has 3 rings (SSSR count). The Morgan fingerprint density at radius 2 is 1.96 bits per heavy atom. The van der Waals surface area contributed by atoms with E-state index in [1.165, 1.54) is 17.8 Å². The van der Waals surface area contributed by atoms with Crippen LogP contribution in [0.1, 0.15) is 12.7 Å². The number of guanidine groups is 1. The van der Waals surface area contributed by atoms with E-state index in [0.29, 0.717) is 23.9 Å². The van der Waals surface area contributed by atoms with Gasteiger partial charge in [-0.1, -0.05) is 18.2 Å². The minimum atomic E-state index is -0.184. The number of rotatable bonds is 7. The summed E-state index contributed by atoms with van der Waals surface area (Å²) in [6.45, 7) is 3.86. The van der Waals surface area contributed by atoms with Crippen molar-refractivity contribution in [3.05, 3.63) is 60.3 Å². The molecular formula is C18H22FIN6S. The second-order valence-electron chi connectivity index (χ2n) is 5.45. The molecule has 2 aromatic heterocycles. The van der Waals surface area contributed by atoms with E-state index in [1.807, 2.05) is 41.8 Å². The minimum absolute atomic E-state index is 0. The van der Waals surface area contributed by atoms with E-state index in [-0.39, 0.29) is 29.8 Å². The number of pyridine rings is 1. The zero-order valence-electron chi connectivity index (χ0n) is 14.9. The van der Waals surface area contributed by atoms with Gasteiger partial charge in [-0.05, 0) is 31.2 Å². The molecule has 3 aromatic rings. The van der Waals surface area contributed by atoms with E-state index < -0.39 is 0 Å². The van der Waals surface area contributed by atoms with E-state index in [0.717, 1.165) is 23.8 Å². The van der Waals surface area contributed by atoms with Gasteiger partial charge < -0.3 is 10.6 Å². The molecule has 0 radical (unpaired) electrons. The highest BCUT2D eigenvalue weighted by atomic mass is 127. The molecule has 2 heterocycles. The van der Waals surface area contributed by atoms with Gasteiger partial charge in [0.1, 0.15) is 12.4 Å². The summed E-state index contributed by atoms with van der Waals surface area (Å²) in [7, 11) is 0. The molecule has 27 heavy (non-hydrogen) atoms. The summed E-state index contributed by atoms with van der Waals surface area (Å²) >= 11 is 1.48. The second kappa shape index (κ2) is 11.1. The van der Waals surface area contributed by atoms with Crippen molar-refractivity contribution in [2.24, 2.45) is 4.99 Å². The predicted molar refractivity (Wildman–Crippen MR) is 118 cm³/mol. The molecule has 0 aliphatic rings. The van der Waals surface area contributed by atoms with Crippen LogP contribution in [0.4, 0.5) is 4.39 Å². The molecule has 0 saturated heterocycles. The summed E-state index contributed by atoms with van der Waals surface area (Å²) in [6, 6.07) is 12.6. The fourth-order valence-electron chi connectivity index (χ4n) is 2.38. The molecule has 0 bridgehead atoms. The molecule has 0 amide bonds. The van der Waals surface area contributed by atoms with Crippen LogP contribution in [0.3, 0.4) is 0 Å². The van der Waals surface area contributed by atoms with Crippen molar-refractivity contribution in [2.45, 2.75) is 18.4 Å². The first-order valence-corrected chi connectivity index (χ1v) is 9.44. The Bertz CT molecular complexity index is 885. The topological polar surface area (TPSA) is 66.6 Å². The highest BCUT2D eigenvalue weighted by Crippen LogP contribution is 2.20. The fourth-order valence-corrected chi connectivity index (χ4v) is 3.19. The highest BCUT2D eigenvalue weighted by Gasteiger charge is 2.05. The van der Waals surface area contributed by atoms with Gasteiger partial charge in [0.05, 0.1) is 0 Å². The third-order valence-corrected chi connectivity index (χ3v) is 4.65. The number of nitrogens with one attached hydrogen (secondary N) is 2. The van der Waals surface area contributed by atoms with Gasteiger partial charge in [0, 0.05) is 29.9 Å². The summed E-state index contributed by atoms with van der Waals surface area (Å²) < 4.78 is 15.5. The van der Waals surface area contributed by atoms with Crippen molar-refractivity contribution in [1.29, 1.82) is 0 Å². The van der Waals surface area contributed by atoms with Crippen LogP contribution in [0, 0.1) is 5.82 Å². The quantitative estimate of drug-likeness (QED) is 0.171. The Kier molecular flexibility index (Phi) is 8.79. The zero-order chi connectivity index (χ0) is 18.2. The maximum Gasteiger partial charge on any atom is 0.191 e.